The molecule has 0 spiro atoms. The molecule has 1 fully saturated rings. The van der Waals surface area contributed by atoms with Crippen molar-refractivity contribution in [1.82, 2.24) is 10.2 Å². The number of rotatable bonds is 3. The maximum atomic E-state index is 12.5. The van der Waals surface area contributed by atoms with Crippen LogP contribution in [0, 0.1) is 5.92 Å². The van der Waals surface area contributed by atoms with Crippen LogP contribution in [0.2, 0.25) is 5.02 Å². The highest BCUT2D eigenvalue weighted by Crippen LogP contribution is 2.24. The van der Waals surface area contributed by atoms with Gasteiger partial charge in [0, 0.05) is 18.6 Å². The number of carbonyl (C=O) groups is 1. The lowest BCUT2D eigenvalue weighted by Crippen LogP contribution is -2.42. The van der Waals surface area contributed by atoms with Crippen molar-refractivity contribution in [2.75, 3.05) is 20.1 Å². The van der Waals surface area contributed by atoms with Crippen LogP contribution in [0.15, 0.2) is 24.3 Å². The van der Waals surface area contributed by atoms with Gasteiger partial charge >= 0.3 is 0 Å². The van der Waals surface area contributed by atoms with Gasteiger partial charge in [0.1, 0.15) is 0 Å². The summed E-state index contributed by atoms with van der Waals surface area (Å²) in [6.45, 7) is 3.86. The van der Waals surface area contributed by atoms with Crippen molar-refractivity contribution < 1.29 is 4.79 Å². The minimum atomic E-state index is 0. The van der Waals surface area contributed by atoms with Gasteiger partial charge in [-0.05, 0) is 44.0 Å². The molecule has 2 unspecified atom stereocenters. The SMILES string of the molecule is CC(c1cccc(Cl)c1)N(C)C(=O)C1CCCNC1.Cl. The summed E-state index contributed by atoms with van der Waals surface area (Å²) in [7, 11) is 1.88. The fraction of sp³-hybridized carbons (Fsp3) is 0.533. The summed E-state index contributed by atoms with van der Waals surface area (Å²) < 4.78 is 0. The van der Waals surface area contributed by atoms with Crippen LogP contribution in [0.25, 0.3) is 0 Å². The minimum absolute atomic E-state index is 0. The molecule has 3 nitrogen and oxygen atoms in total. The van der Waals surface area contributed by atoms with E-state index in [1.165, 1.54) is 0 Å². The lowest BCUT2D eigenvalue weighted by molar-refractivity contribution is -0.136. The summed E-state index contributed by atoms with van der Waals surface area (Å²) in [5.74, 6) is 0.333. The number of hydrogen-bond acceptors (Lipinski definition) is 2. The first kappa shape index (κ1) is 17.3. The molecular formula is C15H22Cl2N2O. The van der Waals surface area contributed by atoms with Crippen LogP contribution in [0.1, 0.15) is 31.4 Å². The van der Waals surface area contributed by atoms with Crippen molar-refractivity contribution >= 4 is 29.9 Å². The second kappa shape index (κ2) is 7.87. The topological polar surface area (TPSA) is 32.3 Å². The number of benzene rings is 1. The van der Waals surface area contributed by atoms with E-state index < -0.39 is 0 Å². The molecule has 5 heteroatoms. The molecule has 2 rings (SSSR count). The van der Waals surface area contributed by atoms with Gasteiger partial charge in [0.2, 0.25) is 5.91 Å². The quantitative estimate of drug-likeness (QED) is 0.928. The number of nitrogens with zero attached hydrogens (tertiary/aromatic N) is 1. The minimum Gasteiger partial charge on any atom is -0.339 e. The molecule has 20 heavy (non-hydrogen) atoms. The van der Waals surface area contributed by atoms with Crippen molar-refractivity contribution in [2.24, 2.45) is 5.92 Å². The standard InChI is InChI=1S/C15H21ClN2O.ClH/c1-11(12-5-3-7-14(16)9-12)18(2)15(19)13-6-4-8-17-10-13;/h3,5,7,9,11,13,17H,4,6,8,10H2,1-2H3;1H. The zero-order valence-electron chi connectivity index (χ0n) is 11.9. The maximum absolute atomic E-state index is 12.5. The molecule has 0 saturated carbocycles. The number of halogens is 2. The van der Waals surface area contributed by atoms with Gasteiger partial charge in [-0.15, -0.1) is 12.4 Å². The fourth-order valence-electron chi connectivity index (χ4n) is 2.53. The van der Waals surface area contributed by atoms with E-state index in [9.17, 15) is 4.79 Å². The average Bonchev–Trinajstić information content (AvgIpc) is 2.46. The van der Waals surface area contributed by atoms with Gasteiger partial charge in [-0.2, -0.15) is 0 Å². The molecule has 1 N–H and O–H groups in total. The highest BCUT2D eigenvalue weighted by atomic mass is 35.5. The molecule has 1 amide bonds. The molecule has 1 aromatic rings. The average molecular weight is 317 g/mol. The molecule has 112 valence electrons. The Labute approximate surface area is 132 Å². The Balaban J connectivity index is 0.00000200. The van der Waals surface area contributed by atoms with Crippen LogP contribution in [-0.4, -0.2) is 30.9 Å². The molecule has 0 aromatic heterocycles. The monoisotopic (exact) mass is 316 g/mol. The number of amides is 1. The predicted octanol–water partition coefficient (Wildman–Crippen LogP) is 3.28. The van der Waals surface area contributed by atoms with E-state index in [4.69, 9.17) is 11.6 Å². The van der Waals surface area contributed by atoms with Crippen molar-refractivity contribution in [3.63, 3.8) is 0 Å². The third kappa shape index (κ3) is 4.11. The molecule has 1 saturated heterocycles. The number of nitrogens with one attached hydrogen (secondary N) is 1. The molecule has 1 aromatic carbocycles. The van der Waals surface area contributed by atoms with Crippen LogP contribution in [0.3, 0.4) is 0 Å². The summed E-state index contributed by atoms with van der Waals surface area (Å²) in [5.41, 5.74) is 1.08. The van der Waals surface area contributed by atoms with Crippen molar-refractivity contribution in [3.8, 4) is 0 Å². The molecule has 0 aliphatic carbocycles. The first-order valence-corrected chi connectivity index (χ1v) is 7.20. The van der Waals surface area contributed by atoms with Crippen molar-refractivity contribution in [3.05, 3.63) is 34.9 Å². The summed E-state index contributed by atoms with van der Waals surface area (Å²) in [5, 5.41) is 4.00. The predicted molar refractivity (Wildman–Crippen MR) is 85.5 cm³/mol. The lowest BCUT2D eigenvalue weighted by Gasteiger charge is -2.31. The zero-order valence-corrected chi connectivity index (χ0v) is 13.5. The Hall–Kier alpha value is -0.770. The first-order valence-electron chi connectivity index (χ1n) is 6.82. The summed E-state index contributed by atoms with van der Waals surface area (Å²) in [4.78, 5) is 14.3. The summed E-state index contributed by atoms with van der Waals surface area (Å²) >= 11 is 6.01. The first-order chi connectivity index (χ1) is 9.09. The Bertz CT molecular complexity index is 447. The van der Waals surface area contributed by atoms with Gasteiger partial charge in [-0.3, -0.25) is 4.79 Å². The Morgan fingerprint density at radius 2 is 2.25 bits per heavy atom. The molecule has 0 radical (unpaired) electrons. The van der Waals surface area contributed by atoms with Gasteiger partial charge in [0.15, 0.2) is 0 Å². The third-order valence-electron chi connectivity index (χ3n) is 3.91. The number of hydrogen-bond donors (Lipinski definition) is 1. The normalized spacial score (nSPS) is 19.9. The Morgan fingerprint density at radius 3 is 2.85 bits per heavy atom. The molecule has 2 atom stereocenters. The van der Waals surface area contributed by atoms with Gasteiger partial charge in [-0.1, -0.05) is 23.7 Å². The van der Waals surface area contributed by atoms with Crippen LogP contribution in [0.5, 0.6) is 0 Å². The Kier molecular flexibility index (Phi) is 6.80. The number of piperidine rings is 1. The van der Waals surface area contributed by atoms with Gasteiger partial charge in [0.25, 0.3) is 0 Å². The molecule has 1 heterocycles. The van der Waals surface area contributed by atoms with Crippen molar-refractivity contribution in [1.29, 1.82) is 0 Å². The smallest absolute Gasteiger partial charge is 0.227 e. The lowest BCUT2D eigenvalue weighted by atomic mass is 9.97. The van der Waals surface area contributed by atoms with E-state index in [0.29, 0.717) is 5.02 Å². The molecular weight excluding hydrogens is 295 g/mol. The van der Waals surface area contributed by atoms with E-state index >= 15 is 0 Å². The van der Waals surface area contributed by atoms with E-state index in [1.807, 2.05) is 43.1 Å². The van der Waals surface area contributed by atoms with Crippen LogP contribution in [-0.2, 0) is 4.79 Å². The van der Waals surface area contributed by atoms with E-state index in [1.54, 1.807) is 0 Å². The second-order valence-electron chi connectivity index (χ2n) is 5.22. The van der Waals surface area contributed by atoms with E-state index in [0.717, 1.165) is 31.5 Å². The highest BCUT2D eigenvalue weighted by molar-refractivity contribution is 6.30. The largest absolute Gasteiger partial charge is 0.339 e. The van der Waals surface area contributed by atoms with Crippen LogP contribution < -0.4 is 5.32 Å². The van der Waals surface area contributed by atoms with E-state index in [-0.39, 0.29) is 30.3 Å². The zero-order chi connectivity index (χ0) is 13.8. The maximum Gasteiger partial charge on any atom is 0.227 e. The summed E-state index contributed by atoms with van der Waals surface area (Å²) in [6.07, 6.45) is 2.06. The van der Waals surface area contributed by atoms with Crippen molar-refractivity contribution in [2.45, 2.75) is 25.8 Å². The molecule has 0 bridgehead atoms. The number of carbonyl (C=O) groups excluding carboxylic acids is 1. The highest BCUT2D eigenvalue weighted by Gasteiger charge is 2.26. The summed E-state index contributed by atoms with van der Waals surface area (Å²) in [6, 6.07) is 7.77. The van der Waals surface area contributed by atoms with Crippen LogP contribution >= 0.6 is 24.0 Å². The van der Waals surface area contributed by atoms with Gasteiger partial charge in [0.05, 0.1) is 12.0 Å². The second-order valence-corrected chi connectivity index (χ2v) is 5.66. The third-order valence-corrected chi connectivity index (χ3v) is 4.14. The fourth-order valence-corrected chi connectivity index (χ4v) is 2.73. The molecule has 1 aliphatic rings. The molecule has 1 aliphatic heterocycles. The van der Waals surface area contributed by atoms with Gasteiger partial charge in [-0.25, -0.2) is 0 Å². The van der Waals surface area contributed by atoms with E-state index in [2.05, 4.69) is 5.32 Å². The van der Waals surface area contributed by atoms with Gasteiger partial charge < -0.3 is 10.2 Å². The Morgan fingerprint density at radius 1 is 1.50 bits per heavy atom. The van der Waals surface area contributed by atoms with Crippen LogP contribution in [0.4, 0.5) is 0 Å².